The molecule has 3 rings (SSSR count). The van der Waals surface area contributed by atoms with Crippen LogP contribution in [0.25, 0.3) is 5.57 Å². The Balaban J connectivity index is 1.77. The predicted molar refractivity (Wildman–Crippen MR) is 94.1 cm³/mol. The van der Waals surface area contributed by atoms with Crippen LogP contribution in [-0.2, 0) is 0 Å². The number of carbonyl (C=O) groups excluding carboxylic acids is 1. The Labute approximate surface area is 143 Å². The first-order chi connectivity index (χ1) is 10.6. The summed E-state index contributed by atoms with van der Waals surface area (Å²) >= 11 is 9.54. The van der Waals surface area contributed by atoms with Crippen LogP contribution in [0.5, 0.6) is 0 Å². The molecule has 2 aromatic carbocycles. The number of benzene rings is 2. The lowest BCUT2D eigenvalue weighted by atomic mass is 9.99. The van der Waals surface area contributed by atoms with Gasteiger partial charge in [-0.1, -0.05) is 63.9 Å². The van der Waals surface area contributed by atoms with E-state index < -0.39 is 0 Å². The number of amides is 1. The Morgan fingerprint density at radius 3 is 2.59 bits per heavy atom. The van der Waals surface area contributed by atoms with Gasteiger partial charge in [-0.15, -0.1) is 0 Å². The van der Waals surface area contributed by atoms with Crippen molar-refractivity contribution in [2.75, 3.05) is 13.1 Å². The van der Waals surface area contributed by atoms with Crippen LogP contribution >= 0.6 is 27.5 Å². The summed E-state index contributed by atoms with van der Waals surface area (Å²) in [6.45, 7) is 1.33. The zero-order valence-electron chi connectivity index (χ0n) is 11.9. The largest absolute Gasteiger partial charge is 0.335 e. The maximum atomic E-state index is 12.6. The van der Waals surface area contributed by atoms with Crippen molar-refractivity contribution >= 4 is 39.0 Å². The number of carbonyl (C=O) groups is 1. The van der Waals surface area contributed by atoms with Gasteiger partial charge in [0.25, 0.3) is 5.91 Å². The molecule has 4 heteroatoms. The molecule has 1 aliphatic rings. The lowest BCUT2D eigenvalue weighted by Crippen LogP contribution is -2.34. The van der Waals surface area contributed by atoms with E-state index in [2.05, 4.69) is 34.1 Å². The molecule has 0 saturated carbocycles. The fraction of sp³-hybridized carbons (Fsp3) is 0.167. The highest BCUT2D eigenvalue weighted by atomic mass is 79.9. The van der Waals surface area contributed by atoms with Crippen LogP contribution < -0.4 is 0 Å². The lowest BCUT2D eigenvalue weighted by molar-refractivity contribution is 0.0773. The van der Waals surface area contributed by atoms with Gasteiger partial charge in [0.15, 0.2) is 0 Å². The van der Waals surface area contributed by atoms with E-state index in [1.54, 1.807) is 12.1 Å². The number of nitrogens with zero attached hydrogens (tertiary/aromatic N) is 1. The SMILES string of the molecule is O=C(c1cc(Br)ccc1Cl)N1CC=C(c2ccccc2)CC1. The average Bonchev–Trinajstić information content (AvgIpc) is 2.57. The van der Waals surface area contributed by atoms with E-state index >= 15 is 0 Å². The van der Waals surface area contributed by atoms with E-state index in [4.69, 9.17) is 11.6 Å². The van der Waals surface area contributed by atoms with E-state index in [0.717, 1.165) is 10.9 Å². The first-order valence-corrected chi connectivity index (χ1v) is 8.31. The van der Waals surface area contributed by atoms with Gasteiger partial charge in [0.1, 0.15) is 0 Å². The Kier molecular flexibility index (Phi) is 4.65. The maximum absolute atomic E-state index is 12.6. The van der Waals surface area contributed by atoms with Crippen molar-refractivity contribution in [1.82, 2.24) is 4.90 Å². The Morgan fingerprint density at radius 2 is 1.91 bits per heavy atom. The first kappa shape index (κ1) is 15.3. The highest BCUT2D eigenvalue weighted by Gasteiger charge is 2.21. The van der Waals surface area contributed by atoms with E-state index in [1.807, 2.05) is 29.2 Å². The topological polar surface area (TPSA) is 20.3 Å². The summed E-state index contributed by atoms with van der Waals surface area (Å²) in [5.41, 5.74) is 3.08. The first-order valence-electron chi connectivity index (χ1n) is 7.14. The predicted octanol–water partition coefficient (Wildman–Crippen LogP) is 5.03. The molecule has 2 nitrogen and oxygen atoms in total. The second-order valence-corrected chi connectivity index (χ2v) is 6.54. The van der Waals surface area contributed by atoms with Gasteiger partial charge in [0.2, 0.25) is 0 Å². The Hall–Kier alpha value is -1.58. The molecule has 22 heavy (non-hydrogen) atoms. The molecule has 1 heterocycles. The van der Waals surface area contributed by atoms with Crippen molar-refractivity contribution in [2.45, 2.75) is 6.42 Å². The van der Waals surface area contributed by atoms with Crippen LogP contribution in [0.15, 0.2) is 59.1 Å². The second kappa shape index (κ2) is 6.67. The third-order valence-electron chi connectivity index (χ3n) is 3.80. The fourth-order valence-corrected chi connectivity index (χ4v) is 3.16. The third kappa shape index (κ3) is 3.26. The second-order valence-electron chi connectivity index (χ2n) is 5.22. The number of hydrogen-bond acceptors (Lipinski definition) is 1. The van der Waals surface area contributed by atoms with Crippen molar-refractivity contribution < 1.29 is 4.79 Å². The number of halogens is 2. The Morgan fingerprint density at radius 1 is 1.14 bits per heavy atom. The fourth-order valence-electron chi connectivity index (χ4n) is 2.60. The highest BCUT2D eigenvalue weighted by Crippen LogP contribution is 2.26. The van der Waals surface area contributed by atoms with Gasteiger partial charge in [0.05, 0.1) is 10.6 Å². The molecule has 0 atom stereocenters. The summed E-state index contributed by atoms with van der Waals surface area (Å²) in [4.78, 5) is 14.4. The lowest BCUT2D eigenvalue weighted by Gasteiger charge is -2.27. The summed E-state index contributed by atoms with van der Waals surface area (Å²) in [5.74, 6) is -0.0188. The minimum atomic E-state index is -0.0188. The van der Waals surface area contributed by atoms with Crippen LogP contribution in [0.2, 0.25) is 5.02 Å². The van der Waals surface area contributed by atoms with Gasteiger partial charge < -0.3 is 4.90 Å². The van der Waals surface area contributed by atoms with Crippen LogP contribution in [0.3, 0.4) is 0 Å². The number of hydrogen-bond donors (Lipinski definition) is 0. The number of rotatable bonds is 2. The van der Waals surface area contributed by atoms with Gasteiger partial charge in [-0.2, -0.15) is 0 Å². The van der Waals surface area contributed by atoms with Crippen LogP contribution in [-0.4, -0.2) is 23.9 Å². The monoisotopic (exact) mass is 375 g/mol. The quantitative estimate of drug-likeness (QED) is 0.719. The van der Waals surface area contributed by atoms with Crippen molar-refractivity contribution in [1.29, 1.82) is 0 Å². The van der Waals surface area contributed by atoms with Crippen molar-refractivity contribution in [3.63, 3.8) is 0 Å². The summed E-state index contributed by atoms with van der Waals surface area (Å²) in [5, 5.41) is 0.492. The van der Waals surface area contributed by atoms with Crippen LogP contribution in [0.4, 0.5) is 0 Å². The smallest absolute Gasteiger partial charge is 0.255 e. The third-order valence-corrected chi connectivity index (χ3v) is 4.62. The van der Waals surface area contributed by atoms with Crippen molar-refractivity contribution in [3.8, 4) is 0 Å². The summed E-state index contributed by atoms with van der Waals surface area (Å²) in [6, 6.07) is 15.7. The Bertz CT molecular complexity index is 727. The summed E-state index contributed by atoms with van der Waals surface area (Å²) < 4.78 is 0.859. The molecule has 2 aromatic rings. The highest BCUT2D eigenvalue weighted by molar-refractivity contribution is 9.10. The molecule has 0 radical (unpaired) electrons. The average molecular weight is 377 g/mol. The molecule has 0 aliphatic carbocycles. The minimum absolute atomic E-state index is 0.0188. The molecular formula is C18H15BrClNO. The maximum Gasteiger partial charge on any atom is 0.255 e. The minimum Gasteiger partial charge on any atom is -0.335 e. The molecule has 0 N–H and O–H groups in total. The molecule has 0 aromatic heterocycles. The molecule has 0 spiro atoms. The molecule has 1 amide bonds. The van der Waals surface area contributed by atoms with E-state index in [-0.39, 0.29) is 5.91 Å². The van der Waals surface area contributed by atoms with Crippen molar-refractivity contribution in [3.05, 3.63) is 75.2 Å². The van der Waals surface area contributed by atoms with Gasteiger partial charge in [-0.05, 0) is 35.8 Å². The van der Waals surface area contributed by atoms with Gasteiger partial charge >= 0.3 is 0 Å². The van der Waals surface area contributed by atoms with Gasteiger partial charge in [0, 0.05) is 17.6 Å². The zero-order valence-corrected chi connectivity index (χ0v) is 14.3. The van der Waals surface area contributed by atoms with Crippen LogP contribution in [0, 0.1) is 0 Å². The molecule has 1 aliphatic heterocycles. The van der Waals surface area contributed by atoms with Crippen molar-refractivity contribution in [2.24, 2.45) is 0 Å². The zero-order chi connectivity index (χ0) is 15.5. The normalized spacial score (nSPS) is 14.6. The van der Waals surface area contributed by atoms with E-state index in [1.165, 1.54) is 11.1 Å². The summed E-state index contributed by atoms with van der Waals surface area (Å²) in [7, 11) is 0. The molecule has 112 valence electrons. The van der Waals surface area contributed by atoms with Gasteiger partial charge in [-0.3, -0.25) is 4.79 Å². The van der Waals surface area contributed by atoms with E-state index in [0.29, 0.717) is 23.7 Å². The molecule has 0 bridgehead atoms. The molecule has 0 saturated heterocycles. The standard InChI is InChI=1S/C18H15BrClNO/c19-15-6-7-17(20)16(12-15)18(22)21-10-8-14(9-11-21)13-4-2-1-3-5-13/h1-8,12H,9-11H2. The molecule has 0 fully saturated rings. The van der Waals surface area contributed by atoms with E-state index in [9.17, 15) is 4.79 Å². The summed E-state index contributed by atoms with van der Waals surface area (Å²) in [6.07, 6.45) is 2.99. The van der Waals surface area contributed by atoms with Crippen LogP contribution in [0.1, 0.15) is 22.3 Å². The molecule has 0 unspecified atom stereocenters. The molecular weight excluding hydrogens is 362 g/mol. The van der Waals surface area contributed by atoms with Gasteiger partial charge in [-0.25, -0.2) is 0 Å².